The van der Waals surface area contributed by atoms with Crippen LogP contribution in [0.25, 0.3) is 0 Å². The number of carbonyl (C=O) groups is 1. The molecule has 1 rings (SSSR count). The Kier molecular flexibility index (Phi) is 5.34. The summed E-state index contributed by atoms with van der Waals surface area (Å²) < 4.78 is 0. The highest BCUT2D eigenvalue weighted by molar-refractivity contribution is 9.10. The molecule has 0 aliphatic rings. The Morgan fingerprint density at radius 1 is 1.40 bits per heavy atom. The Bertz CT molecular complexity index is 321. The molecule has 0 aliphatic heterocycles. The van der Waals surface area contributed by atoms with Gasteiger partial charge in [-0.2, -0.15) is 0 Å². The van der Waals surface area contributed by atoms with E-state index in [1.165, 1.54) is 0 Å². The zero-order valence-corrected chi connectivity index (χ0v) is 11.0. The lowest BCUT2D eigenvalue weighted by Crippen LogP contribution is -2.13. The van der Waals surface area contributed by atoms with Crippen LogP contribution < -0.4 is 0 Å². The summed E-state index contributed by atoms with van der Waals surface area (Å²) >= 11 is 9.17. The van der Waals surface area contributed by atoms with Gasteiger partial charge >= 0.3 is 0 Å². The van der Waals surface area contributed by atoms with Gasteiger partial charge < -0.3 is 0 Å². The van der Waals surface area contributed by atoms with E-state index < -0.39 is 0 Å². The molecule has 0 aliphatic carbocycles. The molecule has 0 spiro atoms. The van der Waals surface area contributed by atoms with E-state index in [0.29, 0.717) is 5.02 Å². The number of alkyl halides is 1. The molecular weight excluding hydrogens is 275 g/mol. The van der Waals surface area contributed by atoms with Gasteiger partial charge in [0.05, 0.1) is 4.83 Å². The van der Waals surface area contributed by atoms with Crippen molar-refractivity contribution in [2.75, 3.05) is 0 Å². The molecule has 82 valence electrons. The third kappa shape index (κ3) is 3.96. The predicted octanol–water partition coefficient (Wildman–Crippen LogP) is 4.48. The zero-order valence-electron chi connectivity index (χ0n) is 8.67. The molecule has 15 heavy (non-hydrogen) atoms. The van der Waals surface area contributed by atoms with Crippen molar-refractivity contribution in [2.24, 2.45) is 0 Å². The third-order valence-corrected chi connectivity index (χ3v) is 3.35. The summed E-state index contributed by atoms with van der Waals surface area (Å²) in [5.41, 5.74) is 0.720. The van der Waals surface area contributed by atoms with Crippen LogP contribution in [0.15, 0.2) is 24.3 Å². The molecule has 0 fully saturated rings. The lowest BCUT2D eigenvalue weighted by atomic mass is 10.1. The minimum absolute atomic E-state index is 0.0707. The lowest BCUT2D eigenvalue weighted by molar-refractivity contribution is 0.0988. The fourth-order valence-electron chi connectivity index (χ4n) is 1.31. The zero-order chi connectivity index (χ0) is 11.3. The summed E-state index contributed by atoms with van der Waals surface area (Å²) in [5, 5.41) is 0.659. The fraction of sp³-hybridized carbons (Fsp3) is 0.417. The van der Waals surface area contributed by atoms with Crippen LogP contribution in [0.3, 0.4) is 0 Å². The highest BCUT2D eigenvalue weighted by Crippen LogP contribution is 2.17. The minimum atomic E-state index is -0.0707. The van der Waals surface area contributed by atoms with E-state index in [1.54, 1.807) is 24.3 Å². The molecule has 3 heteroatoms. The van der Waals surface area contributed by atoms with E-state index in [1.807, 2.05) is 0 Å². The quantitative estimate of drug-likeness (QED) is 0.577. The van der Waals surface area contributed by atoms with E-state index in [2.05, 4.69) is 22.9 Å². The first-order chi connectivity index (χ1) is 7.15. The molecule has 0 amide bonds. The van der Waals surface area contributed by atoms with Crippen molar-refractivity contribution in [3.63, 3.8) is 0 Å². The first-order valence-corrected chi connectivity index (χ1v) is 6.38. The number of carbonyl (C=O) groups excluding carboxylic acids is 1. The van der Waals surface area contributed by atoms with Gasteiger partial charge in [0.25, 0.3) is 0 Å². The molecule has 0 saturated carbocycles. The largest absolute Gasteiger partial charge is 0.293 e. The summed E-state index contributed by atoms with van der Waals surface area (Å²) in [6.07, 6.45) is 3.06. The van der Waals surface area contributed by atoms with E-state index in [0.717, 1.165) is 24.8 Å². The highest BCUT2D eigenvalue weighted by Gasteiger charge is 2.15. The van der Waals surface area contributed by atoms with Gasteiger partial charge in [0.2, 0.25) is 0 Å². The van der Waals surface area contributed by atoms with Gasteiger partial charge in [0.1, 0.15) is 0 Å². The maximum Gasteiger partial charge on any atom is 0.176 e. The van der Waals surface area contributed by atoms with Gasteiger partial charge in [-0.25, -0.2) is 0 Å². The Morgan fingerprint density at radius 3 is 2.53 bits per heavy atom. The summed E-state index contributed by atoms with van der Waals surface area (Å²) in [5.74, 6) is 0.139. The van der Waals surface area contributed by atoms with E-state index >= 15 is 0 Å². The van der Waals surface area contributed by atoms with Gasteiger partial charge in [0, 0.05) is 10.6 Å². The Morgan fingerprint density at radius 2 is 2.00 bits per heavy atom. The van der Waals surface area contributed by atoms with Crippen LogP contribution in [0.5, 0.6) is 0 Å². The third-order valence-electron chi connectivity index (χ3n) is 2.22. The average molecular weight is 290 g/mol. The van der Waals surface area contributed by atoms with Crippen LogP contribution in [-0.4, -0.2) is 10.6 Å². The van der Waals surface area contributed by atoms with Crippen molar-refractivity contribution >= 4 is 33.3 Å². The second-order valence-corrected chi connectivity index (χ2v) is 5.02. The van der Waals surface area contributed by atoms with Crippen molar-refractivity contribution in [3.8, 4) is 0 Å². The molecule has 0 saturated heterocycles. The molecule has 1 atom stereocenters. The van der Waals surface area contributed by atoms with Crippen molar-refractivity contribution in [2.45, 2.75) is 31.0 Å². The summed E-state index contributed by atoms with van der Waals surface area (Å²) in [4.78, 5) is 11.8. The van der Waals surface area contributed by atoms with E-state index in [9.17, 15) is 4.79 Å². The second-order valence-electron chi connectivity index (χ2n) is 3.48. The summed E-state index contributed by atoms with van der Waals surface area (Å²) in [7, 11) is 0. The van der Waals surface area contributed by atoms with Crippen LogP contribution in [-0.2, 0) is 0 Å². The number of rotatable bonds is 5. The van der Waals surface area contributed by atoms with Crippen LogP contribution >= 0.6 is 27.5 Å². The number of hydrogen-bond donors (Lipinski definition) is 0. The molecular formula is C12H14BrClO. The maximum atomic E-state index is 11.9. The molecule has 0 aromatic heterocycles. The van der Waals surface area contributed by atoms with Crippen molar-refractivity contribution in [1.82, 2.24) is 0 Å². The second kappa shape index (κ2) is 6.29. The van der Waals surface area contributed by atoms with Crippen molar-refractivity contribution < 1.29 is 4.79 Å². The number of ketones is 1. The molecule has 1 unspecified atom stereocenters. The normalized spacial score (nSPS) is 12.5. The lowest BCUT2D eigenvalue weighted by Gasteiger charge is -2.07. The molecule has 0 bridgehead atoms. The summed E-state index contributed by atoms with van der Waals surface area (Å²) in [6.45, 7) is 2.12. The molecule has 0 N–H and O–H groups in total. The average Bonchev–Trinajstić information content (AvgIpc) is 2.26. The molecule has 0 heterocycles. The van der Waals surface area contributed by atoms with Crippen molar-refractivity contribution in [1.29, 1.82) is 0 Å². The van der Waals surface area contributed by atoms with Crippen LogP contribution in [0.1, 0.15) is 36.5 Å². The number of hydrogen-bond acceptors (Lipinski definition) is 1. The van der Waals surface area contributed by atoms with Crippen LogP contribution in [0.2, 0.25) is 5.02 Å². The first kappa shape index (κ1) is 12.7. The SMILES string of the molecule is CCCCC(Br)C(=O)c1ccc(Cl)cc1. The molecule has 1 aromatic rings. The minimum Gasteiger partial charge on any atom is -0.293 e. The standard InChI is InChI=1S/C12H14BrClO/c1-2-3-4-11(13)12(15)9-5-7-10(14)8-6-9/h5-8,11H,2-4H2,1H3. The number of unbranched alkanes of at least 4 members (excludes halogenated alkanes) is 1. The van der Waals surface area contributed by atoms with Gasteiger partial charge in [0.15, 0.2) is 5.78 Å². The van der Waals surface area contributed by atoms with Crippen molar-refractivity contribution in [3.05, 3.63) is 34.9 Å². The number of halogens is 2. The number of benzene rings is 1. The first-order valence-electron chi connectivity index (χ1n) is 5.09. The van der Waals surface area contributed by atoms with Crippen LogP contribution in [0, 0.1) is 0 Å². The molecule has 0 radical (unpaired) electrons. The van der Waals surface area contributed by atoms with E-state index in [-0.39, 0.29) is 10.6 Å². The van der Waals surface area contributed by atoms with Gasteiger partial charge in [-0.15, -0.1) is 0 Å². The predicted molar refractivity (Wildman–Crippen MR) is 68.0 cm³/mol. The maximum absolute atomic E-state index is 11.9. The topological polar surface area (TPSA) is 17.1 Å². The molecule has 1 aromatic carbocycles. The van der Waals surface area contributed by atoms with Gasteiger partial charge in [-0.3, -0.25) is 4.79 Å². The van der Waals surface area contributed by atoms with Gasteiger partial charge in [-0.1, -0.05) is 47.3 Å². The number of Topliss-reactive ketones (excluding diaryl/α,β-unsaturated/α-hetero) is 1. The monoisotopic (exact) mass is 288 g/mol. The fourth-order valence-corrected chi connectivity index (χ4v) is 2.02. The summed E-state index contributed by atoms with van der Waals surface area (Å²) in [6, 6.07) is 7.03. The van der Waals surface area contributed by atoms with E-state index in [4.69, 9.17) is 11.6 Å². The molecule has 1 nitrogen and oxygen atoms in total. The Labute approximate surface area is 104 Å². The van der Waals surface area contributed by atoms with Crippen LogP contribution in [0.4, 0.5) is 0 Å². The van der Waals surface area contributed by atoms with Gasteiger partial charge in [-0.05, 0) is 30.7 Å². The Hall–Kier alpha value is -0.340. The highest BCUT2D eigenvalue weighted by atomic mass is 79.9. The smallest absolute Gasteiger partial charge is 0.176 e. The Balaban J connectivity index is 2.63.